The highest BCUT2D eigenvalue weighted by atomic mass is 16.2. The van der Waals surface area contributed by atoms with E-state index in [-0.39, 0.29) is 24.9 Å². The van der Waals surface area contributed by atoms with Crippen molar-refractivity contribution in [3.05, 3.63) is 17.5 Å². The number of hydrogen-bond acceptors (Lipinski definition) is 4. The molecule has 0 aromatic carbocycles. The number of amides is 4. The predicted octanol–water partition coefficient (Wildman–Crippen LogP) is -0.690. The van der Waals surface area contributed by atoms with Crippen LogP contribution in [-0.2, 0) is 16.1 Å². The average Bonchev–Trinajstić information content (AvgIpc) is 3.02. The Morgan fingerprint density at radius 3 is 2.76 bits per heavy atom. The van der Waals surface area contributed by atoms with E-state index in [1.807, 2.05) is 19.9 Å². The van der Waals surface area contributed by atoms with Gasteiger partial charge in [0.15, 0.2) is 0 Å². The van der Waals surface area contributed by atoms with E-state index in [0.717, 1.165) is 11.4 Å². The largest absolute Gasteiger partial charge is 0.338 e. The standard InChI is InChI=1S/C13H17N5O3/c1-8-5-9(2)18(16-8)6-10(19)17-4-3-13(7-17)11(20)14-12(21)15-13/h5H,3-4,6-7H2,1-2H3,(H2,14,15,20,21). The summed E-state index contributed by atoms with van der Waals surface area (Å²) in [6, 6.07) is 1.41. The van der Waals surface area contributed by atoms with Crippen molar-refractivity contribution < 1.29 is 14.4 Å². The fraction of sp³-hybridized carbons (Fsp3) is 0.538. The van der Waals surface area contributed by atoms with Crippen molar-refractivity contribution in [3.8, 4) is 0 Å². The van der Waals surface area contributed by atoms with E-state index in [1.165, 1.54) is 0 Å². The van der Waals surface area contributed by atoms with Crippen molar-refractivity contribution in [2.75, 3.05) is 13.1 Å². The number of aryl methyl sites for hydroxylation is 2. The van der Waals surface area contributed by atoms with Gasteiger partial charge in [-0.25, -0.2) is 4.79 Å². The lowest BCUT2D eigenvalue weighted by Crippen LogP contribution is -2.49. The molecule has 3 heterocycles. The summed E-state index contributed by atoms with van der Waals surface area (Å²) in [5, 5.41) is 9.11. The first-order valence-electron chi connectivity index (χ1n) is 6.82. The van der Waals surface area contributed by atoms with E-state index >= 15 is 0 Å². The summed E-state index contributed by atoms with van der Waals surface area (Å²) < 4.78 is 1.65. The lowest BCUT2D eigenvalue weighted by molar-refractivity contribution is -0.131. The maximum atomic E-state index is 12.3. The molecule has 3 rings (SSSR count). The molecule has 1 atom stereocenters. The van der Waals surface area contributed by atoms with E-state index in [1.54, 1.807) is 9.58 Å². The lowest BCUT2D eigenvalue weighted by atomic mass is 10.00. The Kier molecular flexibility index (Phi) is 2.96. The first-order chi connectivity index (χ1) is 9.89. The highest BCUT2D eigenvalue weighted by Gasteiger charge is 2.51. The minimum absolute atomic E-state index is 0.105. The topological polar surface area (TPSA) is 96.3 Å². The monoisotopic (exact) mass is 291 g/mol. The minimum atomic E-state index is -0.957. The number of carbonyl (C=O) groups excluding carboxylic acids is 3. The van der Waals surface area contributed by atoms with Crippen LogP contribution in [0.1, 0.15) is 17.8 Å². The van der Waals surface area contributed by atoms with Crippen LogP contribution in [0.3, 0.4) is 0 Å². The first-order valence-corrected chi connectivity index (χ1v) is 6.82. The molecule has 1 aromatic heterocycles. The Morgan fingerprint density at radius 2 is 2.19 bits per heavy atom. The number of likely N-dealkylation sites (tertiary alicyclic amines) is 1. The second kappa shape index (κ2) is 4.57. The smallest absolute Gasteiger partial charge is 0.322 e. The van der Waals surface area contributed by atoms with Gasteiger partial charge in [0.1, 0.15) is 12.1 Å². The maximum absolute atomic E-state index is 12.3. The van der Waals surface area contributed by atoms with Crippen molar-refractivity contribution in [3.63, 3.8) is 0 Å². The number of imide groups is 1. The molecule has 1 spiro atoms. The number of nitrogens with one attached hydrogen (secondary N) is 2. The van der Waals surface area contributed by atoms with E-state index in [9.17, 15) is 14.4 Å². The van der Waals surface area contributed by atoms with Crippen LogP contribution < -0.4 is 10.6 Å². The molecule has 0 radical (unpaired) electrons. The normalized spacial score (nSPS) is 24.6. The molecule has 1 unspecified atom stereocenters. The molecule has 4 amide bonds. The summed E-state index contributed by atoms with van der Waals surface area (Å²) in [6.07, 6.45) is 0.438. The minimum Gasteiger partial charge on any atom is -0.338 e. The zero-order valence-electron chi connectivity index (χ0n) is 12.0. The second-order valence-corrected chi connectivity index (χ2v) is 5.64. The van der Waals surface area contributed by atoms with Crippen LogP contribution in [0.2, 0.25) is 0 Å². The molecular weight excluding hydrogens is 274 g/mol. The van der Waals surface area contributed by atoms with Crippen LogP contribution in [0, 0.1) is 13.8 Å². The molecule has 112 valence electrons. The van der Waals surface area contributed by atoms with Crippen LogP contribution in [0.4, 0.5) is 4.79 Å². The molecule has 0 aliphatic carbocycles. The number of nitrogens with zero attached hydrogens (tertiary/aromatic N) is 3. The van der Waals surface area contributed by atoms with E-state index in [0.29, 0.717) is 13.0 Å². The zero-order valence-corrected chi connectivity index (χ0v) is 12.0. The summed E-state index contributed by atoms with van der Waals surface area (Å²) in [5.41, 5.74) is 0.823. The van der Waals surface area contributed by atoms with Crippen molar-refractivity contribution in [1.82, 2.24) is 25.3 Å². The van der Waals surface area contributed by atoms with Gasteiger partial charge in [-0.2, -0.15) is 5.10 Å². The van der Waals surface area contributed by atoms with Crippen LogP contribution in [0.15, 0.2) is 6.07 Å². The molecule has 2 fully saturated rings. The molecule has 1 aromatic rings. The third-order valence-corrected chi connectivity index (χ3v) is 4.02. The predicted molar refractivity (Wildman–Crippen MR) is 72.3 cm³/mol. The van der Waals surface area contributed by atoms with Crippen molar-refractivity contribution in [2.24, 2.45) is 0 Å². The van der Waals surface area contributed by atoms with Gasteiger partial charge in [0.2, 0.25) is 5.91 Å². The average molecular weight is 291 g/mol. The molecule has 2 saturated heterocycles. The Labute approximate surface area is 121 Å². The second-order valence-electron chi connectivity index (χ2n) is 5.64. The molecule has 8 nitrogen and oxygen atoms in total. The SMILES string of the molecule is Cc1cc(C)n(CC(=O)N2CCC3(C2)NC(=O)NC3=O)n1. The highest BCUT2D eigenvalue weighted by molar-refractivity contribution is 6.07. The van der Waals surface area contributed by atoms with Gasteiger partial charge >= 0.3 is 6.03 Å². The molecule has 8 heteroatoms. The molecular formula is C13H17N5O3. The summed E-state index contributed by atoms with van der Waals surface area (Å²) in [4.78, 5) is 37.0. The third-order valence-electron chi connectivity index (χ3n) is 4.02. The van der Waals surface area contributed by atoms with Crippen molar-refractivity contribution in [2.45, 2.75) is 32.4 Å². The molecule has 21 heavy (non-hydrogen) atoms. The third kappa shape index (κ3) is 2.26. The van der Waals surface area contributed by atoms with Gasteiger partial charge < -0.3 is 10.2 Å². The highest BCUT2D eigenvalue weighted by Crippen LogP contribution is 2.24. The maximum Gasteiger partial charge on any atom is 0.322 e. The Hall–Kier alpha value is -2.38. The fourth-order valence-corrected chi connectivity index (χ4v) is 2.90. The number of carbonyl (C=O) groups is 3. The van der Waals surface area contributed by atoms with Gasteiger partial charge in [0.05, 0.1) is 12.2 Å². The molecule has 2 aliphatic rings. The van der Waals surface area contributed by atoms with Crippen LogP contribution in [0.5, 0.6) is 0 Å². The Bertz CT molecular complexity index is 638. The van der Waals surface area contributed by atoms with Crippen LogP contribution in [0.25, 0.3) is 0 Å². The van der Waals surface area contributed by atoms with Gasteiger partial charge in [0.25, 0.3) is 5.91 Å². The van der Waals surface area contributed by atoms with Gasteiger partial charge in [-0.3, -0.25) is 19.6 Å². The van der Waals surface area contributed by atoms with Crippen molar-refractivity contribution >= 4 is 17.8 Å². The van der Waals surface area contributed by atoms with Gasteiger partial charge in [0, 0.05) is 12.2 Å². The summed E-state index contributed by atoms with van der Waals surface area (Å²) in [7, 11) is 0. The number of rotatable bonds is 2. The van der Waals surface area contributed by atoms with E-state index < -0.39 is 11.6 Å². The Morgan fingerprint density at radius 1 is 1.43 bits per heavy atom. The first kappa shape index (κ1) is 13.6. The number of hydrogen-bond donors (Lipinski definition) is 2. The van der Waals surface area contributed by atoms with Gasteiger partial charge in [-0.15, -0.1) is 0 Å². The fourth-order valence-electron chi connectivity index (χ4n) is 2.90. The lowest BCUT2D eigenvalue weighted by Gasteiger charge is -2.21. The summed E-state index contributed by atoms with van der Waals surface area (Å²) in [6.45, 7) is 4.57. The molecule has 0 saturated carbocycles. The number of aromatic nitrogens is 2. The quantitative estimate of drug-likeness (QED) is 0.705. The molecule has 0 bridgehead atoms. The summed E-state index contributed by atoms with van der Waals surface area (Å²) >= 11 is 0. The number of urea groups is 1. The van der Waals surface area contributed by atoms with Gasteiger partial charge in [-0.1, -0.05) is 0 Å². The van der Waals surface area contributed by atoms with E-state index in [2.05, 4.69) is 15.7 Å². The van der Waals surface area contributed by atoms with Gasteiger partial charge in [-0.05, 0) is 26.3 Å². The molecule has 2 N–H and O–H groups in total. The Balaban J connectivity index is 1.69. The van der Waals surface area contributed by atoms with Crippen molar-refractivity contribution in [1.29, 1.82) is 0 Å². The summed E-state index contributed by atoms with van der Waals surface area (Å²) in [5.74, 6) is -0.457. The molecule has 2 aliphatic heterocycles. The zero-order chi connectivity index (χ0) is 15.2. The van der Waals surface area contributed by atoms with Crippen LogP contribution >= 0.6 is 0 Å². The van der Waals surface area contributed by atoms with Crippen LogP contribution in [-0.4, -0.2) is 51.2 Å². The van der Waals surface area contributed by atoms with E-state index in [4.69, 9.17) is 0 Å².